The fraction of sp³-hybridized carbons (Fsp3) is 0.312. The highest BCUT2D eigenvalue weighted by atomic mass is 35.5. The van der Waals surface area contributed by atoms with Gasteiger partial charge in [-0.2, -0.15) is 0 Å². The van der Waals surface area contributed by atoms with Crippen LogP contribution >= 0.6 is 23.2 Å². The van der Waals surface area contributed by atoms with Crippen molar-refractivity contribution in [2.24, 2.45) is 0 Å². The SMILES string of the molecule is CCC(C)=CC(=N)c1c(-c2ccc(Cl)cc2)c(Cl)n(-c2ccc(N(C)C(=O)C=CCN(C)C3CC3)cc2)c1NC. The minimum atomic E-state index is -0.0781. The van der Waals surface area contributed by atoms with E-state index in [9.17, 15) is 4.79 Å². The van der Waals surface area contributed by atoms with Crippen LogP contribution in [0.3, 0.4) is 0 Å². The van der Waals surface area contributed by atoms with Crippen LogP contribution in [-0.2, 0) is 4.79 Å². The highest BCUT2D eigenvalue weighted by Gasteiger charge is 2.26. The van der Waals surface area contributed by atoms with E-state index in [0.717, 1.165) is 41.0 Å². The summed E-state index contributed by atoms with van der Waals surface area (Å²) in [4.78, 5) is 16.7. The molecular weight excluding hydrogens is 541 g/mol. The number of amides is 1. The lowest BCUT2D eigenvalue weighted by atomic mass is 9.99. The van der Waals surface area contributed by atoms with Crippen LogP contribution in [-0.4, -0.2) is 54.8 Å². The second-order valence-corrected chi connectivity index (χ2v) is 11.0. The molecule has 0 radical (unpaired) electrons. The van der Waals surface area contributed by atoms with E-state index in [1.165, 1.54) is 12.8 Å². The van der Waals surface area contributed by atoms with Crippen molar-refractivity contribution < 1.29 is 4.79 Å². The maximum absolute atomic E-state index is 12.8. The summed E-state index contributed by atoms with van der Waals surface area (Å²) in [6.45, 7) is 4.86. The first-order chi connectivity index (χ1) is 19.2. The van der Waals surface area contributed by atoms with Crippen molar-refractivity contribution in [1.82, 2.24) is 9.47 Å². The molecule has 0 aliphatic heterocycles. The Kier molecular flexibility index (Phi) is 9.56. The lowest BCUT2D eigenvalue weighted by Crippen LogP contribution is -2.25. The molecule has 0 unspecified atom stereocenters. The van der Waals surface area contributed by atoms with Gasteiger partial charge in [-0.05, 0) is 81.3 Å². The lowest BCUT2D eigenvalue weighted by molar-refractivity contribution is -0.113. The van der Waals surface area contributed by atoms with E-state index in [1.54, 1.807) is 18.0 Å². The predicted molar refractivity (Wildman–Crippen MR) is 170 cm³/mol. The van der Waals surface area contributed by atoms with Crippen molar-refractivity contribution >= 4 is 46.3 Å². The number of nitrogens with zero attached hydrogens (tertiary/aromatic N) is 3. The molecule has 4 rings (SSSR count). The molecular formula is C32H37Cl2N5O. The monoisotopic (exact) mass is 577 g/mol. The third-order valence-corrected chi connectivity index (χ3v) is 7.96. The molecule has 2 aromatic carbocycles. The van der Waals surface area contributed by atoms with Gasteiger partial charge >= 0.3 is 0 Å². The third kappa shape index (κ3) is 6.52. The highest BCUT2D eigenvalue weighted by molar-refractivity contribution is 6.35. The van der Waals surface area contributed by atoms with Crippen LogP contribution in [0.1, 0.15) is 38.7 Å². The molecule has 1 heterocycles. The Balaban J connectivity index is 1.69. The largest absolute Gasteiger partial charge is 0.374 e. The quantitative estimate of drug-likeness (QED) is 0.180. The van der Waals surface area contributed by atoms with Gasteiger partial charge in [0.15, 0.2) is 0 Å². The first kappa shape index (κ1) is 29.7. The van der Waals surface area contributed by atoms with Crippen LogP contribution in [0, 0.1) is 5.41 Å². The second kappa shape index (κ2) is 12.9. The summed E-state index contributed by atoms with van der Waals surface area (Å²) < 4.78 is 1.91. The van der Waals surface area contributed by atoms with Crippen molar-refractivity contribution in [3.8, 4) is 16.8 Å². The van der Waals surface area contributed by atoms with Gasteiger partial charge in [-0.3, -0.25) is 14.3 Å². The molecule has 1 saturated carbocycles. The predicted octanol–water partition coefficient (Wildman–Crippen LogP) is 7.83. The van der Waals surface area contributed by atoms with Gasteiger partial charge < -0.3 is 15.6 Å². The zero-order valence-electron chi connectivity index (χ0n) is 23.8. The van der Waals surface area contributed by atoms with Gasteiger partial charge in [-0.15, -0.1) is 0 Å². The molecule has 6 nitrogen and oxygen atoms in total. The summed E-state index contributed by atoms with van der Waals surface area (Å²) in [6.07, 6.45) is 8.77. The maximum Gasteiger partial charge on any atom is 0.250 e. The molecule has 40 heavy (non-hydrogen) atoms. The number of allylic oxidation sites excluding steroid dienone is 2. The summed E-state index contributed by atoms with van der Waals surface area (Å²) in [5, 5.41) is 13.4. The summed E-state index contributed by atoms with van der Waals surface area (Å²) >= 11 is 13.3. The number of hydrogen-bond acceptors (Lipinski definition) is 4. The van der Waals surface area contributed by atoms with Crippen molar-refractivity contribution in [2.45, 2.75) is 39.2 Å². The van der Waals surface area contributed by atoms with Crippen molar-refractivity contribution in [3.05, 3.63) is 88.1 Å². The Morgan fingerprint density at radius 1 is 1.10 bits per heavy atom. The van der Waals surface area contributed by atoms with Crippen LogP contribution in [0.4, 0.5) is 11.5 Å². The van der Waals surface area contributed by atoms with E-state index in [-0.39, 0.29) is 5.91 Å². The van der Waals surface area contributed by atoms with Crippen LogP contribution in [0.2, 0.25) is 10.2 Å². The zero-order valence-corrected chi connectivity index (χ0v) is 25.3. The van der Waals surface area contributed by atoms with Gasteiger partial charge in [-0.25, -0.2) is 0 Å². The Morgan fingerprint density at radius 2 is 1.75 bits per heavy atom. The number of hydrogen-bond donors (Lipinski definition) is 2. The van der Waals surface area contributed by atoms with Gasteiger partial charge in [-0.1, -0.05) is 53.9 Å². The highest BCUT2D eigenvalue weighted by Crippen LogP contribution is 2.42. The minimum Gasteiger partial charge on any atom is -0.374 e. The van der Waals surface area contributed by atoms with Gasteiger partial charge in [0.1, 0.15) is 11.0 Å². The average Bonchev–Trinajstić information content (AvgIpc) is 3.76. The molecule has 0 bridgehead atoms. The van der Waals surface area contributed by atoms with Crippen molar-refractivity contribution in [3.63, 3.8) is 0 Å². The lowest BCUT2D eigenvalue weighted by Gasteiger charge is -2.17. The van der Waals surface area contributed by atoms with Crippen LogP contribution in [0.15, 0.2) is 72.3 Å². The number of carbonyl (C=O) groups is 1. The molecule has 3 aromatic rings. The molecule has 1 amide bonds. The van der Waals surface area contributed by atoms with E-state index in [0.29, 0.717) is 33.3 Å². The van der Waals surface area contributed by atoms with Crippen LogP contribution in [0.5, 0.6) is 0 Å². The summed E-state index contributed by atoms with van der Waals surface area (Å²) in [7, 11) is 5.69. The number of carbonyl (C=O) groups excluding carboxylic acids is 1. The molecule has 0 atom stereocenters. The van der Waals surface area contributed by atoms with Crippen molar-refractivity contribution in [1.29, 1.82) is 5.41 Å². The van der Waals surface area contributed by atoms with Crippen LogP contribution < -0.4 is 10.2 Å². The number of aromatic nitrogens is 1. The zero-order chi connectivity index (χ0) is 29.0. The fourth-order valence-corrected chi connectivity index (χ4v) is 5.15. The smallest absolute Gasteiger partial charge is 0.250 e. The van der Waals surface area contributed by atoms with Gasteiger partial charge in [0.2, 0.25) is 5.91 Å². The Labute approximate surface area is 247 Å². The Hall–Kier alpha value is -3.32. The van der Waals surface area contributed by atoms with Gasteiger partial charge in [0.05, 0.1) is 11.3 Å². The van der Waals surface area contributed by atoms with Crippen molar-refractivity contribution in [2.75, 3.05) is 37.9 Å². The van der Waals surface area contributed by atoms with E-state index in [2.05, 4.69) is 24.2 Å². The number of halogens is 2. The van der Waals surface area contributed by atoms with E-state index in [1.807, 2.05) is 79.2 Å². The van der Waals surface area contributed by atoms with Gasteiger partial charge in [0, 0.05) is 54.7 Å². The molecule has 210 valence electrons. The standard InChI is InChI=1S/C32H37Cl2N5O/c1-6-21(2)20-27(35)30-29(22-9-11-23(33)12-10-22)31(34)39(32(30)36-3)26-17-15-25(16-18-26)38(5)28(40)8-7-19-37(4)24-13-14-24/h7-12,15-18,20,24,35-36H,6,13-14,19H2,1-5H3. The third-order valence-electron chi connectivity index (χ3n) is 7.35. The number of rotatable bonds is 11. The molecule has 8 heteroatoms. The molecule has 1 aliphatic carbocycles. The summed E-state index contributed by atoms with van der Waals surface area (Å²) in [6, 6.07) is 15.8. The van der Waals surface area contributed by atoms with E-state index in [4.69, 9.17) is 28.6 Å². The first-order valence-electron chi connectivity index (χ1n) is 13.5. The number of benzene rings is 2. The number of anilines is 2. The Bertz CT molecular complexity index is 1430. The first-order valence-corrected chi connectivity index (χ1v) is 14.3. The van der Waals surface area contributed by atoms with E-state index >= 15 is 0 Å². The minimum absolute atomic E-state index is 0.0781. The van der Waals surface area contributed by atoms with Crippen LogP contribution in [0.25, 0.3) is 16.8 Å². The fourth-order valence-electron chi connectivity index (χ4n) is 4.63. The summed E-state index contributed by atoms with van der Waals surface area (Å²) in [5.41, 5.74) is 5.39. The normalized spacial score (nSPS) is 13.8. The van der Waals surface area contributed by atoms with Gasteiger partial charge in [0.25, 0.3) is 0 Å². The molecule has 1 aliphatic rings. The molecule has 2 N–H and O–H groups in total. The second-order valence-electron chi connectivity index (χ2n) is 10.2. The van der Waals surface area contributed by atoms with E-state index < -0.39 is 0 Å². The number of likely N-dealkylation sites (N-methyl/N-ethyl adjacent to an activating group) is 2. The Morgan fingerprint density at radius 3 is 2.33 bits per heavy atom. The topological polar surface area (TPSA) is 64.4 Å². The molecule has 0 spiro atoms. The average molecular weight is 579 g/mol. The molecule has 1 aromatic heterocycles. The summed E-state index contributed by atoms with van der Waals surface area (Å²) in [5.74, 6) is 0.630. The molecule has 0 saturated heterocycles. The molecule has 1 fully saturated rings. The number of nitrogens with one attached hydrogen (secondary N) is 2. The maximum atomic E-state index is 12.8.